The van der Waals surface area contributed by atoms with E-state index in [1.165, 1.54) is 0 Å². The van der Waals surface area contributed by atoms with Gasteiger partial charge in [-0.2, -0.15) is 0 Å². The second-order valence-electron chi connectivity index (χ2n) is 3.96. The molecule has 0 N–H and O–H groups in total. The lowest BCUT2D eigenvalue weighted by Crippen LogP contribution is -1.98. The summed E-state index contributed by atoms with van der Waals surface area (Å²) in [4.78, 5) is 4.05. The number of hydrogen-bond acceptors (Lipinski definition) is 5. The summed E-state index contributed by atoms with van der Waals surface area (Å²) in [6, 6.07) is 5.59. The highest BCUT2D eigenvalue weighted by atomic mass is 16.5. The van der Waals surface area contributed by atoms with Crippen LogP contribution in [0.4, 0.5) is 0 Å². The number of hydrogen-bond donors (Lipinski definition) is 0. The van der Waals surface area contributed by atoms with Crippen molar-refractivity contribution < 1.29 is 18.9 Å². The Morgan fingerprint density at radius 2 is 1.40 bits per heavy atom. The lowest BCUT2D eigenvalue weighted by atomic mass is 10.0. The molecule has 0 radical (unpaired) electrons. The number of aromatic nitrogens is 1. The molecular formula is C15H17NO4. The Balaban J connectivity index is 2.68. The van der Waals surface area contributed by atoms with Crippen molar-refractivity contribution in [2.24, 2.45) is 0 Å². The standard InChI is InChI=1S/C15H17NO4/c1-17-12-6-5-11(14(19-3)15(12)20-4)10-7-8-16-9-13(10)18-2/h5-9H,1-4H3. The van der Waals surface area contributed by atoms with Crippen LogP contribution in [0.15, 0.2) is 30.6 Å². The first-order valence-electron chi connectivity index (χ1n) is 6.04. The van der Waals surface area contributed by atoms with Gasteiger partial charge in [0.25, 0.3) is 0 Å². The van der Waals surface area contributed by atoms with Gasteiger partial charge >= 0.3 is 0 Å². The first-order chi connectivity index (χ1) is 9.76. The van der Waals surface area contributed by atoms with E-state index in [1.807, 2.05) is 18.2 Å². The second kappa shape index (κ2) is 6.14. The Bertz CT molecular complexity index is 598. The van der Waals surface area contributed by atoms with Crippen molar-refractivity contribution in [3.8, 4) is 34.1 Å². The Morgan fingerprint density at radius 3 is 2.00 bits per heavy atom. The first kappa shape index (κ1) is 14.0. The maximum atomic E-state index is 5.48. The monoisotopic (exact) mass is 275 g/mol. The van der Waals surface area contributed by atoms with E-state index in [0.717, 1.165) is 11.1 Å². The van der Waals surface area contributed by atoms with Gasteiger partial charge < -0.3 is 18.9 Å². The van der Waals surface area contributed by atoms with Crippen molar-refractivity contribution in [3.05, 3.63) is 30.6 Å². The van der Waals surface area contributed by atoms with Crippen LogP contribution in [0.3, 0.4) is 0 Å². The molecule has 20 heavy (non-hydrogen) atoms. The largest absolute Gasteiger partial charge is 0.494 e. The average Bonchev–Trinajstić information content (AvgIpc) is 2.53. The van der Waals surface area contributed by atoms with E-state index >= 15 is 0 Å². The van der Waals surface area contributed by atoms with Gasteiger partial charge in [-0.3, -0.25) is 4.98 Å². The molecule has 0 aliphatic carbocycles. The van der Waals surface area contributed by atoms with Crippen LogP contribution >= 0.6 is 0 Å². The Hall–Kier alpha value is -2.43. The van der Waals surface area contributed by atoms with Crippen LogP contribution in [0.2, 0.25) is 0 Å². The van der Waals surface area contributed by atoms with Crippen molar-refractivity contribution in [2.75, 3.05) is 28.4 Å². The lowest BCUT2D eigenvalue weighted by Gasteiger charge is -2.17. The van der Waals surface area contributed by atoms with Gasteiger partial charge in [-0.15, -0.1) is 0 Å². The molecule has 0 aliphatic rings. The summed E-state index contributed by atoms with van der Waals surface area (Å²) in [5.41, 5.74) is 1.73. The minimum Gasteiger partial charge on any atom is -0.494 e. The number of pyridine rings is 1. The fourth-order valence-corrected chi connectivity index (χ4v) is 2.08. The zero-order valence-corrected chi connectivity index (χ0v) is 12.0. The van der Waals surface area contributed by atoms with E-state index in [2.05, 4.69) is 4.98 Å². The van der Waals surface area contributed by atoms with Gasteiger partial charge in [-0.05, 0) is 18.2 Å². The van der Waals surface area contributed by atoms with Crippen LogP contribution in [0.1, 0.15) is 0 Å². The molecule has 0 spiro atoms. The van der Waals surface area contributed by atoms with Gasteiger partial charge in [0.15, 0.2) is 11.5 Å². The quantitative estimate of drug-likeness (QED) is 0.839. The van der Waals surface area contributed by atoms with Gasteiger partial charge in [0.05, 0.1) is 34.6 Å². The summed E-state index contributed by atoms with van der Waals surface area (Å²) in [5, 5.41) is 0. The van der Waals surface area contributed by atoms with Gasteiger partial charge in [0.1, 0.15) is 5.75 Å². The molecule has 1 aromatic heterocycles. The van der Waals surface area contributed by atoms with Crippen LogP contribution in [-0.4, -0.2) is 33.4 Å². The second-order valence-corrected chi connectivity index (χ2v) is 3.96. The zero-order valence-electron chi connectivity index (χ0n) is 12.0. The number of rotatable bonds is 5. The third kappa shape index (κ3) is 2.34. The molecular weight excluding hydrogens is 258 g/mol. The summed E-state index contributed by atoms with van der Waals surface area (Å²) in [5.74, 6) is 2.42. The van der Waals surface area contributed by atoms with E-state index < -0.39 is 0 Å². The summed E-state index contributed by atoms with van der Waals surface area (Å²) < 4.78 is 21.5. The van der Waals surface area contributed by atoms with Gasteiger partial charge in [0.2, 0.25) is 5.75 Å². The van der Waals surface area contributed by atoms with Gasteiger partial charge in [-0.1, -0.05) is 0 Å². The zero-order chi connectivity index (χ0) is 14.5. The highest BCUT2D eigenvalue weighted by molar-refractivity contribution is 5.79. The molecule has 0 bridgehead atoms. The third-order valence-electron chi connectivity index (χ3n) is 3.00. The highest BCUT2D eigenvalue weighted by Gasteiger charge is 2.19. The summed E-state index contributed by atoms with van der Waals surface area (Å²) >= 11 is 0. The number of methoxy groups -OCH3 is 4. The first-order valence-corrected chi connectivity index (χ1v) is 6.04. The predicted octanol–water partition coefficient (Wildman–Crippen LogP) is 2.78. The van der Waals surface area contributed by atoms with Crippen LogP contribution in [0, 0.1) is 0 Å². The molecule has 5 heteroatoms. The van der Waals surface area contributed by atoms with Crippen LogP contribution in [-0.2, 0) is 0 Å². The number of ether oxygens (including phenoxy) is 4. The molecule has 0 aliphatic heterocycles. The molecule has 0 unspecified atom stereocenters. The maximum absolute atomic E-state index is 5.48. The van der Waals surface area contributed by atoms with Gasteiger partial charge in [-0.25, -0.2) is 0 Å². The normalized spacial score (nSPS) is 10.0. The molecule has 2 rings (SSSR count). The van der Waals surface area contributed by atoms with E-state index in [1.54, 1.807) is 40.8 Å². The molecule has 0 amide bonds. The van der Waals surface area contributed by atoms with Crippen LogP contribution in [0.5, 0.6) is 23.0 Å². The van der Waals surface area contributed by atoms with Crippen molar-refractivity contribution >= 4 is 0 Å². The maximum Gasteiger partial charge on any atom is 0.203 e. The molecule has 0 atom stereocenters. The lowest BCUT2D eigenvalue weighted by molar-refractivity contribution is 0.325. The molecule has 5 nitrogen and oxygen atoms in total. The summed E-state index contributed by atoms with van der Waals surface area (Å²) in [6.07, 6.45) is 3.36. The topological polar surface area (TPSA) is 49.8 Å². The van der Waals surface area contributed by atoms with Crippen molar-refractivity contribution in [1.29, 1.82) is 0 Å². The van der Waals surface area contributed by atoms with E-state index in [0.29, 0.717) is 23.0 Å². The Kier molecular flexibility index (Phi) is 4.30. The average molecular weight is 275 g/mol. The fourth-order valence-electron chi connectivity index (χ4n) is 2.08. The predicted molar refractivity (Wildman–Crippen MR) is 75.9 cm³/mol. The fraction of sp³-hybridized carbons (Fsp3) is 0.267. The molecule has 0 saturated carbocycles. The minimum atomic E-state index is 0.548. The third-order valence-corrected chi connectivity index (χ3v) is 3.00. The molecule has 1 aromatic carbocycles. The Labute approximate surface area is 118 Å². The molecule has 1 heterocycles. The SMILES string of the molecule is COc1cnccc1-c1ccc(OC)c(OC)c1OC. The smallest absolute Gasteiger partial charge is 0.203 e. The molecule has 0 saturated heterocycles. The van der Waals surface area contributed by atoms with Gasteiger partial charge in [0, 0.05) is 17.3 Å². The molecule has 2 aromatic rings. The minimum absolute atomic E-state index is 0.548. The number of benzene rings is 1. The van der Waals surface area contributed by atoms with E-state index in [-0.39, 0.29) is 0 Å². The van der Waals surface area contributed by atoms with E-state index in [4.69, 9.17) is 18.9 Å². The highest BCUT2D eigenvalue weighted by Crippen LogP contribution is 2.46. The van der Waals surface area contributed by atoms with Crippen molar-refractivity contribution in [1.82, 2.24) is 4.98 Å². The van der Waals surface area contributed by atoms with E-state index in [9.17, 15) is 0 Å². The van der Waals surface area contributed by atoms with Crippen LogP contribution in [0.25, 0.3) is 11.1 Å². The van der Waals surface area contributed by atoms with Crippen molar-refractivity contribution in [2.45, 2.75) is 0 Å². The molecule has 0 fully saturated rings. The number of nitrogens with zero attached hydrogens (tertiary/aromatic N) is 1. The molecule has 106 valence electrons. The summed E-state index contributed by atoms with van der Waals surface area (Å²) in [6.45, 7) is 0. The summed E-state index contributed by atoms with van der Waals surface area (Å²) in [7, 11) is 6.36. The van der Waals surface area contributed by atoms with Crippen LogP contribution < -0.4 is 18.9 Å². The van der Waals surface area contributed by atoms with Crippen molar-refractivity contribution in [3.63, 3.8) is 0 Å². The Morgan fingerprint density at radius 1 is 0.700 bits per heavy atom.